The zero-order chi connectivity index (χ0) is 13.8. The number of hydrogen-bond donors (Lipinski definition) is 0. The number of nitrogens with zero attached hydrogens (tertiary/aromatic N) is 2. The molecule has 0 radical (unpaired) electrons. The molecule has 20 heavy (non-hydrogen) atoms. The molecule has 1 aliphatic heterocycles. The molecule has 3 heteroatoms. The van der Waals surface area contributed by atoms with Crippen molar-refractivity contribution in [1.29, 1.82) is 0 Å². The smallest absolute Gasteiger partial charge is 0.120 e. The summed E-state index contributed by atoms with van der Waals surface area (Å²) in [5, 5.41) is 4.31. The number of likely N-dealkylation sites (tertiary alicyclic amines) is 1. The van der Waals surface area contributed by atoms with Crippen LogP contribution in [0.2, 0.25) is 0 Å². The summed E-state index contributed by atoms with van der Waals surface area (Å²) in [5.74, 6) is 0.761. The van der Waals surface area contributed by atoms with Crippen LogP contribution >= 0.6 is 0 Å². The fraction of sp³-hybridized carbons (Fsp3) is 0.588. The van der Waals surface area contributed by atoms with E-state index in [9.17, 15) is 0 Å². The van der Waals surface area contributed by atoms with Crippen molar-refractivity contribution in [2.75, 3.05) is 26.7 Å². The number of piperidine rings is 1. The molecule has 0 unspecified atom stereocenters. The first-order valence-electron chi connectivity index (χ1n) is 7.69. The maximum Gasteiger partial charge on any atom is 0.120 e. The number of rotatable bonds is 5. The van der Waals surface area contributed by atoms with Crippen LogP contribution in [-0.2, 0) is 10.3 Å². The first kappa shape index (κ1) is 13.6. The highest BCUT2D eigenvalue weighted by Crippen LogP contribution is 2.34. The molecule has 0 bridgehead atoms. The van der Waals surface area contributed by atoms with Gasteiger partial charge in [-0.25, -0.2) is 0 Å². The van der Waals surface area contributed by atoms with Crippen LogP contribution in [0.3, 0.4) is 0 Å². The van der Waals surface area contributed by atoms with Crippen LogP contribution in [0, 0.1) is 5.92 Å². The summed E-state index contributed by atoms with van der Waals surface area (Å²) in [7, 11) is 2.19. The standard InChI is InChI=1S/C17H24N2O/c1-19-11-9-17(10-12-19,16-5-3-2-4-6-16)14-18-20-13-15-7-8-15/h2-6,14-15H,7-13H2,1H3. The Morgan fingerprint density at radius 3 is 2.60 bits per heavy atom. The van der Waals surface area contributed by atoms with Crippen molar-refractivity contribution in [3.05, 3.63) is 35.9 Å². The number of hydrogen-bond acceptors (Lipinski definition) is 3. The summed E-state index contributed by atoms with van der Waals surface area (Å²) in [6.45, 7) is 3.02. The zero-order valence-electron chi connectivity index (χ0n) is 12.3. The summed E-state index contributed by atoms with van der Waals surface area (Å²) in [6, 6.07) is 10.8. The Kier molecular flexibility index (Phi) is 4.06. The van der Waals surface area contributed by atoms with Crippen LogP contribution in [0.4, 0.5) is 0 Å². The summed E-state index contributed by atoms with van der Waals surface area (Å²) in [6.07, 6.45) is 6.92. The highest BCUT2D eigenvalue weighted by Gasteiger charge is 2.34. The van der Waals surface area contributed by atoms with Crippen molar-refractivity contribution in [1.82, 2.24) is 4.90 Å². The molecule has 0 atom stereocenters. The molecule has 0 N–H and O–H groups in total. The van der Waals surface area contributed by atoms with Crippen molar-refractivity contribution < 1.29 is 4.84 Å². The minimum absolute atomic E-state index is 0.0529. The lowest BCUT2D eigenvalue weighted by Gasteiger charge is -2.38. The van der Waals surface area contributed by atoms with Gasteiger partial charge < -0.3 is 9.74 Å². The van der Waals surface area contributed by atoms with Gasteiger partial charge in [0.2, 0.25) is 0 Å². The molecule has 1 heterocycles. The van der Waals surface area contributed by atoms with E-state index < -0.39 is 0 Å². The van der Waals surface area contributed by atoms with Gasteiger partial charge in [0.25, 0.3) is 0 Å². The monoisotopic (exact) mass is 272 g/mol. The lowest BCUT2D eigenvalue weighted by Crippen LogP contribution is -2.42. The van der Waals surface area contributed by atoms with E-state index in [0.29, 0.717) is 0 Å². The van der Waals surface area contributed by atoms with E-state index in [1.165, 1.54) is 18.4 Å². The van der Waals surface area contributed by atoms with Crippen LogP contribution in [0.25, 0.3) is 0 Å². The lowest BCUT2D eigenvalue weighted by molar-refractivity contribution is 0.131. The SMILES string of the molecule is CN1CCC(C=NOCC2CC2)(c2ccccc2)CC1. The molecular formula is C17H24N2O. The van der Waals surface area contributed by atoms with E-state index in [-0.39, 0.29) is 5.41 Å². The number of oxime groups is 1. The van der Waals surface area contributed by atoms with Crippen molar-refractivity contribution in [3.63, 3.8) is 0 Å². The second-order valence-electron chi connectivity index (χ2n) is 6.30. The molecule has 3 rings (SSSR count). The molecular weight excluding hydrogens is 248 g/mol. The van der Waals surface area contributed by atoms with Gasteiger partial charge in [-0.05, 0) is 57.3 Å². The maximum absolute atomic E-state index is 5.49. The van der Waals surface area contributed by atoms with Gasteiger partial charge >= 0.3 is 0 Å². The third-order valence-electron chi connectivity index (χ3n) is 4.61. The van der Waals surface area contributed by atoms with E-state index in [1.807, 2.05) is 0 Å². The molecule has 1 aromatic carbocycles. The number of benzene rings is 1. The Morgan fingerprint density at radius 2 is 1.95 bits per heavy atom. The summed E-state index contributed by atoms with van der Waals surface area (Å²) in [4.78, 5) is 7.88. The average molecular weight is 272 g/mol. The third kappa shape index (κ3) is 3.21. The van der Waals surface area contributed by atoms with Gasteiger partial charge in [-0.3, -0.25) is 0 Å². The van der Waals surface area contributed by atoms with Gasteiger partial charge in [-0.2, -0.15) is 0 Å². The largest absolute Gasteiger partial charge is 0.396 e. The van der Waals surface area contributed by atoms with E-state index >= 15 is 0 Å². The molecule has 2 fully saturated rings. The zero-order valence-corrected chi connectivity index (χ0v) is 12.3. The van der Waals surface area contributed by atoms with Gasteiger partial charge in [0.1, 0.15) is 6.61 Å². The van der Waals surface area contributed by atoms with Crippen molar-refractivity contribution in [2.24, 2.45) is 11.1 Å². The van der Waals surface area contributed by atoms with E-state index in [2.05, 4.69) is 53.6 Å². The normalized spacial score (nSPS) is 23.1. The summed E-state index contributed by atoms with van der Waals surface area (Å²) < 4.78 is 0. The predicted octanol–water partition coefficient (Wildman–Crippen LogP) is 3.06. The van der Waals surface area contributed by atoms with Gasteiger partial charge in [0.15, 0.2) is 0 Å². The minimum Gasteiger partial charge on any atom is -0.396 e. The van der Waals surface area contributed by atoms with E-state index in [4.69, 9.17) is 4.84 Å². The molecule has 3 nitrogen and oxygen atoms in total. The highest BCUT2D eigenvalue weighted by atomic mass is 16.6. The second-order valence-corrected chi connectivity index (χ2v) is 6.30. The minimum atomic E-state index is 0.0529. The fourth-order valence-corrected chi connectivity index (χ4v) is 2.85. The lowest BCUT2D eigenvalue weighted by atomic mass is 9.74. The van der Waals surface area contributed by atoms with Gasteiger partial charge in [-0.15, -0.1) is 0 Å². The molecule has 0 spiro atoms. The van der Waals surface area contributed by atoms with Crippen molar-refractivity contribution >= 4 is 6.21 Å². The van der Waals surface area contributed by atoms with Crippen LogP contribution in [0.15, 0.2) is 35.5 Å². The van der Waals surface area contributed by atoms with Crippen molar-refractivity contribution in [2.45, 2.75) is 31.1 Å². The van der Waals surface area contributed by atoms with E-state index in [1.54, 1.807) is 0 Å². The topological polar surface area (TPSA) is 24.8 Å². The Hall–Kier alpha value is -1.35. The molecule has 1 saturated heterocycles. The Morgan fingerprint density at radius 1 is 1.25 bits per heavy atom. The third-order valence-corrected chi connectivity index (χ3v) is 4.61. The quantitative estimate of drug-likeness (QED) is 0.608. The second kappa shape index (κ2) is 5.96. The first-order valence-corrected chi connectivity index (χ1v) is 7.69. The summed E-state index contributed by atoms with van der Waals surface area (Å²) in [5.41, 5.74) is 1.42. The molecule has 1 aromatic rings. The van der Waals surface area contributed by atoms with Crippen LogP contribution in [0.5, 0.6) is 0 Å². The van der Waals surface area contributed by atoms with E-state index in [0.717, 1.165) is 38.5 Å². The molecule has 2 aliphatic rings. The van der Waals surface area contributed by atoms with Crippen LogP contribution in [-0.4, -0.2) is 37.9 Å². The van der Waals surface area contributed by atoms with Gasteiger partial charge in [0.05, 0.1) is 6.21 Å². The van der Waals surface area contributed by atoms with Crippen molar-refractivity contribution in [3.8, 4) is 0 Å². The summed E-state index contributed by atoms with van der Waals surface area (Å²) >= 11 is 0. The molecule has 108 valence electrons. The molecule has 1 saturated carbocycles. The molecule has 0 aromatic heterocycles. The highest BCUT2D eigenvalue weighted by molar-refractivity contribution is 5.73. The van der Waals surface area contributed by atoms with Crippen LogP contribution in [0.1, 0.15) is 31.2 Å². The fourth-order valence-electron chi connectivity index (χ4n) is 2.85. The maximum atomic E-state index is 5.49. The van der Waals surface area contributed by atoms with Gasteiger partial charge in [-0.1, -0.05) is 35.5 Å². The first-order chi connectivity index (χ1) is 9.78. The Labute approximate surface area is 121 Å². The average Bonchev–Trinajstić information content (AvgIpc) is 3.31. The van der Waals surface area contributed by atoms with Gasteiger partial charge in [0, 0.05) is 5.41 Å². The Balaban J connectivity index is 1.72. The Bertz CT molecular complexity index is 445. The molecule has 1 aliphatic carbocycles. The predicted molar refractivity (Wildman–Crippen MR) is 82.0 cm³/mol. The van der Waals surface area contributed by atoms with Crippen LogP contribution < -0.4 is 0 Å². The molecule has 0 amide bonds.